The van der Waals surface area contributed by atoms with Crippen LogP contribution in [0.4, 0.5) is 0 Å². The number of fused-ring (bicyclic) bond motifs is 1. The first kappa shape index (κ1) is 14.9. The number of hydrogen-bond acceptors (Lipinski definition) is 3. The fourth-order valence-electron chi connectivity index (χ4n) is 2.63. The molecule has 4 heteroatoms. The fraction of sp³-hybridized carbons (Fsp3) is 0.562. The molecule has 0 radical (unpaired) electrons. The van der Waals surface area contributed by atoms with Gasteiger partial charge in [0.15, 0.2) is 6.61 Å². The summed E-state index contributed by atoms with van der Waals surface area (Å²) in [6.45, 7) is 4.21. The highest BCUT2D eigenvalue weighted by Crippen LogP contribution is 2.31. The average molecular weight is 276 g/mol. The second kappa shape index (κ2) is 6.75. The molecule has 1 amide bonds. The van der Waals surface area contributed by atoms with Crippen LogP contribution in [0.1, 0.15) is 50.3 Å². The molecule has 1 aromatic carbocycles. The van der Waals surface area contributed by atoms with Crippen molar-refractivity contribution in [2.24, 2.45) is 5.73 Å². The van der Waals surface area contributed by atoms with Crippen LogP contribution in [-0.2, 0) is 11.2 Å². The minimum Gasteiger partial charge on any atom is -0.484 e. The number of carbonyl (C=O) groups excluding carboxylic acids is 1. The van der Waals surface area contributed by atoms with Gasteiger partial charge in [-0.15, -0.1) is 0 Å². The molecule has 1 aliphatic carbocycles. The number of rotatable bonds is 6. The smallest absolute Gasteiger partial charge is 0.258 e. The molecule has 0 unspecified atom stereocenters. The highest BCUT2D eigenvalue weighted by atomic mass is 16.5. The highest BCUT2D eigenvalue weighted by molar-refractivity contribution is 5.77. The van der Waals surface area contributed by atoms with Crippen LogP contribution in [0.3, 0.4) is 0 Å². The summed E-state index contributed by atoms with van der Waals surface area (Å²) >= 11 is 0. The molecule has 0 spiro atoms. The molecular formula is C16H24N2O2. The number of hydrogen-bond donors (Lipinski definition) is 2. The van der Waals surface area contributed by atoms with Crippen molar-refractivity contribution in [3.63, 3.8) is 0 Å². The van der Waals surface area contributed by atoms with Gasteiger partial charge in [-0.3, -0.25) is 4.79 Å². The van der Waals surface area contributed by atoms with Gasteiger partial charge in [0, 0.05) is 12.1 Å². The van der Waals surface area contributed by atoms with Gasteiger partial charge in [-0.1, -0.05) is 19.9 Å². The molecular weight excluding hydrogens is 252 g/mol. The summed E-state index contributed by atoms with van der Waals surface area (Å²) in [5.41, 5.74) is 8.45. The minimum absolute atomic E-state index is 0.0594. The molecule has 2 rings (SSSR count). The van der Waals surface area contributed by atoms with E-state index in [1.54, 1.807) is 0 Å². The molecule has 1 atom stereocenters. The molecule has 110 valence electrons. The van der Waals surface area contributed by atoms with Crippen LogP contribution in [-0.4, -0.2) is 18.6 Å². The zero-order valence-electron chi connectivity index (χ0n) is 12.3. The third-order valence-electron chi connectivity index (χ3n) is 3.96. The lowest BCUT2D eigenvalue weighted by molar-refractivity contribution is -0.123. The maximum Gasteiger partial charge on any atom is 0.258 e. The number of amides is 1. The van der Waals surface area contributed by atoms with Gasteiger partial charge in [-0.05, 0) is 48.9 Å². The van der Waals surface area contributed by atoms with Crippen LogP contribution < -0.4 is 15.8 Å². The molecule has 4 nitrogen and oxygen atoms in total. The van der Waals surface area contributed by atoms with E-state index in [0.29, 0.717) is 0 Å². The van der Waals surface area contributed by atoms with Crippen molar-refractivity contribution in [3.8, 4) is 5.75 Å². The standard InChI is InChI=1S/C16H24N2O2/c1-3-12(4-2)18-16(19)10-20-13-6-7-14-11(9-13)5-8-15(14)17/h6-7,9,12,15H,3-5,8,10,17H2,1-2H3,(H,18,19)/t15-/m0/s1. The van der Waals surface area contributed by atoms with Crippen LogP contribution in [0.25, 0.3) is 0 Å². The maximum atomic E-state index is 11.8. The van der Waals surface area contributed by atoms with E-state index in [0.717, 1.165) is 31.4 Å². The fourth-order valence-corrected chi connectivity index (χ4v) is 2.63. The van der Waals surface area contributed by atoms with Crippen molar-refractivity contribution < 1.29 is 9.53 Å². The first-order valence-corrected chi connectivity index (χ1v) is 7.44. The van der Waals surface area contributed by atoms with E-state index >= 15 is 0 Å². The summed E-state index contributed by atoms with van der Waals surface area (Å²) in [6, 6.07) is 6.31. The molecule has 0 saturated carbocycles. The molecule has 1 aliphatic rings. The summed E-state index contributed by atoms with van der Waals surface area (Å²) in [7, 11) is 0. The van der Waals surface area contributed by atoms with Crippen LogP contribution in [0.2, 0.25) is 0 Å². The Bertz CT molecular complexity index is 470. The average Bonchev–Trinajstić information content (AvgIpc) is 2.83. The Morgan fingerprint density at radius 3 is 2.90 bits per heavy atom. The summed E-state index contributed by atoms with van der Waals surface area (Å²) in [5.74, 6) is 0.688. The van der Waals surface area contributed by atoms with Crippen molar-refractivity contribution >= 4 is 5.91 Å². The van der Waals surface area contributed by atoms with Gasteiger partial charge >= 0.3 is 0 Å². The van der Waals surface area contributed by atoms with Gasteiger partial charge in [0.25, 0.3) is 5.91 Å². The Labute approximate surface area is 120 Å². The topological polar surface area (TPSA) is 64.3 Å². The Kier molecular flexibility index (Phi) is 5.01. The van der Waals surface area contributed by atoms with E-state index in [9.17, 15) is 4.79 Å². The SMILES string of the molecule is CCC(CC)NC(=O)COc1ccc2c(c1)CC[C@@H]2N. The third kappa shape index (κ3) is 3.51. The Morgan fingerprint density at radius 2 is 2.20 bits per heavy atom. The lowest BCUT2D eigenvalue weighted by atomic mass is 10.1. The first-order chi connectivity index (χ1) is 9.63. The van der Waals surface area contributed by atoms with Crippen LogP contribution in [0.5, 0.6) is 5.75 Å². The van der Waals surface area contributed by atoms with Gasteiger partial charge in [-0.2, -0.15) is 0 Å². The largest absolute Gasteiger partial charge is 0.484 e. The van der Waals surface area contributed by atoms with Crippen LogP contribution in [0, 0.1) is 0 Å². The van der Waals surface area contributed by atoms with E-state index in [4.69, 9.17) is 10.5 Å². The number of ether oxygens (including phenoxy) is 1. The number of nitrogens with two attached hydrogens (primary N) is 1. The maximum absolute atomic E-state index is 11.8. The molecule has 0 saturated heterocycles. The molecule has 0 heterocycles. The minimum atomic E-state index is -0.0594. The summed E-state index contributed by atoms with van der Waals surface area (Å²) < 4.78 is 5.57. The quantitative estimate of drug-likeness (QED) is 0.838. The molecule has 20 heavy (non-hydrogen) atoms. The molecule has 0 bridgehead atoms. The zero-order chi connectivity index (χ0) is 14.5. The summed E-state index contributed by atoms with van der Waals surface area (Å²) in [6.07, 6.45) is 3.87. The van der Waals surface area contributed by atoms with Gasteiger partial charge in [0.05, 0.1) is 0 Å². The summed E-state index contributed by atoms with van der Waals surface area (Å²) in [4.78, 5) is 11.8. The second-order valence-electron chi connectivity index (χ2n) is 5.38. The predicted octanol–water partition coefficient (Wildman–Crippen LogP) is 2.32. The van der Waals surface area contributed by atoms with Crippen LogP contribution in [0.15, 0.2) is 18.2 Å². The van der Waals surface area contributed by atoms with Crippen LogP contribution >= 0.6 is 0 Å². The highest BCUT2D eigenvalue weighted by Gasteiger charge is 2.19. The Balaban J connectivity index is 1.87. The van der Waals surface area contributed by atoms with Crippen molar-refractivity contribution in [2.45, 2.75) is 51.6 Å². The van der Waals surface area contributed by atoms with Crippen molar-refractivity contribution in [3.05, 3.63) is 29.3 Å². The third-order valence-corrected chi connectivity index (χ3v) is 3.96. The molecule has 3 N–H and O–H groups in total. The number of benzene rings is 1. The Morgan fingerprint density at radius 1 is 1.45 bits per heavy atom. The predicted molar refractivity (Wildman–Crippen MR) is 79.7 cm³/mol. The lowest BCUT2D eigenvalue weighted by Crippen LogP contribution is -2.37. The monoisotopic (exact) mass is 276 g/mol. The Hall–Kier alpha value is -1.55. The van der Waals surface area contributed by atoms with Gasteiger partial charge in [0.2, 0.25) is 0 Å². The number of aryl methyl sites for hydroxylation is 1. The van der Waals surface area contributed by atoms with E-state index in [1.165, 1.54) is 11.1 Å². The van der Waals surface area contributed by atoms with E-state index < -0.39 is 0 Å². The van der Waals surface area contributed by atoms with Gasteiger partial charge in [-0.25, -0.2) is 0 Å². The van der Waals surface area contributed by atoms with Crippen molar-refractivity contribution in [1.29, 1.82) is 0 Å². The number of nitrogens with one attached hydrogen (secondary N) is 1. The molecule has 1 aromatic rings. The van der Waals surface area contributed by atoms with Gasteiger partial charge < -0.3 is 15.8 Å². The molecule has 0 aliphatic heterocycles. The van der Waals surface area contributed by atoms with E-state index in [2.05, 4.69) is 19.2 Å². The zero-order valence-corrected chi connectivity index (χ0v) is 12.3. The normalized spacial score (nSPS) is 17.1. The first-order valence-electron chi connectivity index (χ1n) is 7.44. The number of carbonyl (C=O) groups is 1. The molecule has 0 fully saturated rings. The van der Waals surface area contributed by atoms with E-state index in [-0.39, 0.29) is 24.6 Å². The van der Waals surface area contributed by atoms with E-state index in [1.807, 2.05) is 18.2 Å². The summed E-state index contributed by atoms with van der Waals surface area (Å²) in [5, 5.41) is 2.96. The van der Waals surface area contributed by atoms with Crippen molar-refractivity contribution in [1.82, 2.24) is 5.32 Å². The van der Waals surface area contributed by atoms with Crippen molar-refractivity contribution in [2.75, 3.05) is 6.61 Å². The van der Waals surface area contributed by atoms with Gasteiger partial charge in [0.1, 0.15) is 5.75 Å². The second-order valence-corrected chi connectivity index (χ2v) is 5.38. The molecule has 0 aromatic heterocycles. The lowest BCUT2D eigenvalue weighted by Gasteiger charge is -2.15.